The summed E-state index contributed by atoms with van der Waals surface area (Å²) in [7, 11) is 0. The predicted molar refractivity (Wildman–Crippen MR) is 116 cm³/mol. The molecule has 31 heavy (non-hydrogen) atoms. The van der Waals surface area contributed by atoms with E-state index in [0.717, 1.165) is 0 Å². The van der Waals surface area contributed by atoms with Crippen LogP contribution < -0.4 is 15.5 Å². The van der Waals surface area contributed by atoms with E-state index < -0.39 is 4.92 Å². The highest BCUT2D eigenvalue weighted by Crippen LogP contribution is 2.30. The quantitative estimate of drug-likeness (QED) is 0.360. The van der Waals surface area contributed by atoms with Crippen molar-refractivity contribution in [3.8, 4) is 0 Å². The van der Waals surface area contributed by atoms with Crippen LogP contribution in [0.4, 0.5) is 22.9 Å². The summed E-state index contributed by atoms with van der Waals surface area (Å²) >= 11 is 0. The van der Waals surface area contributed by atoms with E-state index in [2.05, 4.69) is 15.6 Å². The maximum absolute atomic E-state index is 12.6. The highest BCUT2D eigenvalue weighted by Gasteiger charge is 2.20. The van der Waals surface area contributed by atoms with Gasteiger partial charge in [-0.05, 0) is 24.3 Å². The third-order valence-corrected chi connectivity index (χ3v) is 4.88. The summed E-state index contributed by atoms with van der Waals surface area (Å²) in [6, 6.07) is 16.4. The Morgan fingerprint density at radius 1 is 1.10 bits per heavy atom. The number of hydrogen-bond donors (Lipinski definition) is 2. The van der Waals surface area contributed by atoms with Gasteiger partial charge in [0.05, 0.1) is 23.4 Å². The zero-order valence-electron chi connectivity index (χ0n) is 16.4. The molecule has 9 nitrogen and oxygen atoms in total. The minimum atomic E-state index is -0.530. The third-order valence-electron chi connectivity index (χ3n) is 4.88. The van der Waals surface area contributed by atoms with Gasteiger partial charge >= 0.3 is 0 Å². The molecule has 3 aromatic rings. The fourth-order valence-electron chi connectivity index (χ4n) is 3.32. The smallest absolute Gasteiger partial charge is 0.293 e. The van der Waals surface area contributed by atoms with E-state index >= 15 is 0 Å². The molecule has 0 unspecified atom stereocenters. The molecule has 156 valence electrons. The van der Waals surface area contributed by atoms with Crippen molar-refractivity contribution in [3.05, 3.63) is 88.1 Å². The van der Waals surface area contributed by atoms with Gasteiger partial charge in [0.2, 0.25) is 5.91 Å². The van der Waals surface area contributed by atoms with Crippen LogP contribution in [0.15, 0.2) is 66.9 Å². The second kappa shape index (κ2) is 8.62. The molecule has 4 rings (SSSR count). The number of amides is 1. The Morgan fingerprint density at radius 2 is 1.90 bits per heavy atom. The van der Waals surface area contributed by atoms with Crippen LogP contribution in [0.25, 0.3) is 0 Å². The van der Waals surface area contributed by atoms with Crippen LogP contribution in [-0.2, 0) is 4.79 Å². The number of benzene rings is 2. The molecule has 2 aromatic carbocycles. The molecular weight excluding hydrogens is 398 g/mol. The fraction of sp³-hybridized carbons (Fsp3) is 0.136. The molecule has 0 aliphatic carbocycles. The van der Waals surface area contributed by atoms with Gasteiger partial charge in [0.25, 0.3) is 5.69 Å². The number of nitrogens with one attached hydrogen (secondary N) is 2. The van der Waals surface area contributed by atoms with Gasteiger partial charge in [-0.2, -0.15) is 0 Å². The van der Waals surface area contributed by atoms with Gasteiger partial charge in [0.1, 0.15) is 11.5 Å². The number of pyridine rings is 1. The third kappa shape index (κ3) is 4.50. The molecular formula is C22H19N5O4. The SMILES string of the molecule is O=C1CN(c2ccc(Nc3ccc(C(=O)c4ccccc4)cc3[N+](=O)[O-])cn2)CCN1. The van der Waals surface area contributed by atoms with Gasteiger partial charge in [0.15, 0.2) is 5.78 Å². The molecule has 2 heterocycles. The molecule has 1 amide bonds. The summed E-state index contributed by atoms with van der Waals surface area (Å²) in [5.41, 5.74) is 1.29. The van der Waals surface area contributed by atoms with Crippen molar-refractivity contribution < 1.29 is 14.5 Å². The van der Waals surface area contributed by atoms with E-state index in [9.17, 15) is 19.7 Å². The highest BCUT2D eigenvalue weighted by atomic mass is 16.6. The summed E-state index contributed by atoms with van der Waals surface area (Å²) in [6.07, 6.45) is 1.55. The number of rotatable bonds is 6. The van der Waals surface area contributed by atoms with Crippen molar-refractivity contribution in [2.75, 3.05) is 29.9 Å². The van der Waals surface area contributed by atoms with Crippen LogP contribution in [-0.4, -0.2) is 41.2 Å². The lowest BCUT2D eigenvalue weighted by molar-refractivity contribution is -0.383. The van der Waals surface area contributed by atoms with Crippen LogP contribution in [0.1, 0.15) is 15.9 Å². The average molecular weight is 417 g/mol. The molecule has 1 aliphatic heterocycles. The second-order valence-electron chi connectivity index (χ2n) is 6.99. The van der Waals surface area contributed by atoms with Crippen molar-refractivity contribution in [1.29, 1.82) is 0 Å². The lowest BCUT2D eigenvalue weighted by Gasteiger charge is -2.27. The first kappa shape index (κ1) is 20.0. The predicted octanol–water partition coefficient (Wildman–Crippen LogP) is 2.90. The van der Waals surface area contributed by atoms with Crippen molar-refractivity contribution in [1.82, 2.24) is 10.3 Å². The van der Waals surface area contributed by atoms with Gasteiger partial charge in [-0.3, -0.25) is 19.7 Å². The maximum Gasteiger partial charge on any atom is 0.293 e. The van der Waals surface area contributed by atoms with Crippen molar-refractivity contribution in [2.24, 2.45) is 0 Å². The normalized spacial score (nSPS) is 13.4. The molecule has 1 aliphatic rings. The number of carbonyl (C=O) groups is 2. The van der Waals surface area contributed by atoms with Gasteiger partial charge in [-0.15, -0.1) is 0 Å². The zero-order valence-corrected chi connectivity index (χ0v) is 16.4. The number of anilines is 3. The van der Waals surface area contributed by atoms with E-state index in [0.29, 0.717) is 30.2 Å². The monoisotopic (exact) mass is 417 g/mol. The molecule has 0 bridgehead atoms. The second-order valence-corrected chi connectivity index (χ2v) is 6.99. The van der Waals surface area contributed by atoms with Crippen molar-refractivity contribution in [2.45, 2.75) is 0 Å². The number of ketones is 1. The minimum Gasteiger partial charge on any atom is -0.353 e. The zero-order chi connectivity index (χ0) is 21.8. The summed E-state index contributed by atoms with van der Waals surface area (Å²) in [5.74, 6) is 0.307. The Hall–Kier alpha value is -4.27. The molecule has 0 spiro atoms. The number of nitro groups is 1. The first-order chi connectivity index (χ1) is 15.0. The Labute approximate surface area is 177 Å². The first-order valence-electron chi connectivity index (χ1n) is 9.64. The summed E-state index contributed by atoms with van der Waals surface area (Å²) in [4.78, 5) is 41.4. The van der Waals surface area contributed by atoms with E-state index in [-0.39, 0.29) is 35.2 Å². The van der Waals surface area contributed by atoms with Gasteiger partial charge in [-0.1, -0.05) is 30.3 Å². The number of piperazine rings is 1. The lowest BCUT2D eigenvalue weighted by Crippen LogP contribution is -2.48. The lowest BCUT2D eigenvalue weighted by atomic mass is 10.0. The van der Waals surface area contributed by atoms with Crippen molar-refractivity contribution >= 4 is 34.6 Å². The van der Waals surface area contributed by atoms with Gasteiger partial charge < -0.3 is 15.5 Å². The Kier molecular flexibility index (Phi) is 5.57. The highest BCUT2D eigenvalue weighted by molar-refractivity contribution is 6.09. The van der Waals surface area contributed by atoms with Crippen LogP contribution in [0, 0.1) is 10.1 Å². The van der Waals surface area contributed by atoms with Crippen LogP contribution in [0.5, 0.6) is 0 Å². The number of nitrogens with zero attached hydrogens (tertiary/aromatic N) is 3. The average Bonchev–Trinajstić information content (AvgIpc) is 2.80. The standard InChI is InChI=1S/C22H19N5O4/c28-21-14-26(11-10-23-21)20-9-7-17(13-24-20)25-18-8-6-16(12-19(18)27(30)31)22(29)15-4-2-1-3-5-15/h1-9,12-13,25H,10-11,14H2,(H,23,28). The molecule has 9 heteroatoms. The van der Waals surface area contributed by atoms with E-state index in [1.807, 2.05) is 4.90 Å². The van der Waals surface area contributed by atoms with E-state index in [1.54, 1.807) is 54.7 Å². The first-order valence-corrected chi connectivity index (χ1v) is 9.64. The summed E-state index contributed by atoms with van der Waals surface area (Å²) in [6.45, 7) is 1.46. The van der Waals surface area contributed by atoms with Crippen LogP contribution in [0.3, 0.4) is 0 Å². The number of aromatic nitrogens is 1. The van der Waals surface area contributed by atoms with E-state index in [4.69, 9.17) is 0 Å². The summed E-state index contributed by atoms with van der Waals surface area (Å²) < 4.78 is 0. The molecule has 1 fully saturated rings. The largest absolute Gasteiger partial charge is 0.353 e. The fourth-order valence-corrected chi connectivity index (χ4v) is 3.32. The molecule has 0 radical (unpaired) electrons. The topological polar surface area (TPSA) is 117 Å². The van der Waals surface area contributed by atoms with Gasteiger partial charge in [0, 0.05) is 30.3 Å². The molecule has 0 saturated carbocycles. The Balaban J connectivity index is 1.54. The molecule has 1 aromatic heterocycles. The Morgan fingerprint density at radius 3 is 2.58 bits per heavy atom. The molecule has 0 atom stereocenters. The van der Waals surface area contributed by atoms with Crippen LogP contribution in [0.2, 0.25) is 0 Å². The molecule has 2 N–H and O–H groups in total. The van der Waals surface area contributed by atoms with Gasteiger partial charge in [-0.25, -0.2) is 4.98 Å². The van der Waals surface area contributed by atoms with E-state index in [1.165, 1.54) is 12.1 Å². The van der Waals surface area contributed by atoms with Crippen LogP contribution >= 0.6 is 0 Å². The number of hydrogen-bond acceptors (Lipinski definition) is 7. The minimum absolute atomic E-state index is 0.0592. The number of nitro benzene ring substituents is 1. The molecule has 1 saturated heterocycles. The summed E-state index contributed by atoms with van der Waals surface area (Å²) in [5, 5.41) is 17.4. The maximum atomic E-state index is 12.6. The Bertz CT molecular complexity index is 1130. The van der Waals surface area contributed by atoms with Crippen molar-refractivity contribution in [3.63, 3.8) is 0 Å². The number of carbonyl (C=O) groups excluding carboxylic acids is 2.